The fraction of sp³-hybridized carbons (Fsp3) is 0.250. The summed E-state index contributed by atoms with van der Waals surface area (Å²) in [6.45, 7) is 3.70. The zero-order chi connectivity index (χ0) is 26.7. The molecule has 2 heterocycles. The lowest BCUT2D eigenvalue weighted by Crippen LogP contribution is -2.33. The number of hydrogen-bond acceptors (Lipinski definition) is 8. The van der Waals surface area contributed by atoms with E-state index >= 15 is 0 Å². The van der Waals surface area contributed by atoms with Gasteiger partial charge in [-0.15, -0.1) is 11.3 Å². The topological polar surface area (TPSA) is 113 Å². The number of piperidine rings is 1. The zero-order valence-electron chi connectivity index (χ0n) is 20.5. The van der Waals surface area contributed by atoms with Gasteiger partial charge in [0.25, 0.3) is 0 Å². The molecule has 3 aromatic carbocycles. The molecular weight excluding hydrogens is 526 g/mol. The van der Waals surface area contributed by atoms with Gasteiger partial charge in [0.15, 0.2) is 5.78 Å². The quantitative estimate of drug-likeness (QED) is 0.205. The van der Waals surface area contributed by atoms with Crippen LogP contribution in [-0.2, 0) is 10.4 Å². The number of phenols is 1. The standard InChI is InChI=1S/C28H27NO7S2/c30-21-8-13-24-25(18-21)37-28(20-6-11-23(12-7-20)36-38(32,33)34)26(24)27(31)19-4-9-22(10-5-19)35-17-16-29-14-2-1-3-15-29/h4-13,18,30H,1-3,14-17H2,(H,32,33,34). The van der Waals surface area contributed by atoms with E-state index in [0.717, 1.165) is 24.3 Å². The van der Waals surface area contributed by atoms with Gasteiger partial charge >= 0.3 is 10.4 Å². The van der Waals surface area contributed by atoms with E-state index < -0.39 is 10.4 Å². The molecule has 0 amide bonds. The average Bonchev–Trinajstić information content (AvgIpc) is 3.27. The molecule has 0 radical (unpaired) electrons. The maximum atomic E-state index is 13.7. The zero-order valence-corrected chi connectivity index (χ0v) is 22.1. The number of ketones is 1. The third-order valence-corrected chi connectivity index (χ3v) is 8.06. The molecule has 8 nitrogen and oxygen atoms in total. The second-order valence-electron chi connectivity index (χ2n) is 9.13. The van der Waals surface area contributed by atoms with Gasteiger partial charge in [0.05, 0.1) is 0 Å². The van der Waals surface area contributed by atoms with Gasteiger partial charge in [-0.25, -0.2) is 0 Å². The highest BCUT2D eigenvalue weighted by atomic mass is 32.3. The molecule has 1 saturated heterocycles. The number of carbonyl (C=O) groups is 1. The predicted molar refractivity (Wildman–Crippen MR) is 147 cm³/mol. The van der Waals surface area contributed by atoms with Crippen molar-refractivity contribution >= 4 is 37.6 Å². The molecule has 1 fully saturated rings. The molecule has 0 spiro atoms. The number of carbonyl (C=O) groups excluding carboxylic acids is 1. The Morgan fingerprint density at radius 3 is 2.29 bits per heavy atom. The highest BCUT2D eigenvalue weighted by Crippen LogP contribution is 2.41. The third-order valence-electron chi connectivity index (χ3n) is 6.46. The Balaban J connectivity index is 1.39. The van der Waals surface area contributed by atoms with Crippen molar-refractivity contribution < 1.29 is 31.8 Å². The molecule has 198 valence electrons. The second-order valence-corrected chi connectivity index (χ2v) is 11.2. The van der Waals surface area contributed by atoms with Crippen LogP contribution in [-0.4, -0.2) is 55.0 Å². The fourth-order valence-corrected chi connectivity index (χ4v) is 6.21. The molecule has 5 rings (SSSR count). The molecule has 10 heteroatoms. The lowest BCUT2D eigenvalue weighted by molar-refractivity contribution is 0.104. The van der Waals surface area contributed by atoms with Crippen LogP contribution < -0.4 is 8.92 Å². The Labute approximate surface area is 225 Å². The molecule has 0 unspecified atom stereocenters. The molecule has 1 aliphatic rings. The van der Waals surface area contributed by atoms with Crippen LogP contribution in [0.4, 0.5) is 0 Å². The molecule has 0 aliphatic carbocycles. The summed E-state index contributed by atoms with van der Waals surface area (Å²) in [4.78, 5) is 16.8. The van der Waals surface area contributed by atoms with E-state index in [0.29, 0.717) is 39.3 Å². The van der Waals surface area contributed by atoms with Gasteiger partial charge in [-0.2, -0.15) is 8.42 Å². The van der Waals surface area contributed by atoms with Gasteiger partial charge in [-0.1, -0.05) is 6.42 Å². The van der Waals surface area contributed by atoms with E-state index in [1.807, 2.05) is 0 Å². The number of ether oxygens (including phenoxy) is 1. The number of phenolic OH excluding ortho intramolecular Hbond substituents is 1. The highest BCUT2D eigenvalue weighted by molar-refractivity contribution is 7.81. The molecule has 1 aromatic heterocycles. The van der Waals surface area contributed by atoms with E-state index in [1.54, 1.807) is 48.5 Å². The minimum Gasteiger partial charge on any atom is -0.508 e. The Morgan fingerprint density at radius 1 is 0.921 bits per heavy atom. The Morgan fingerprint density at radius 2 is 1.61 bits per heavy atom. The van der Waals surface area contributed by atoms with E-state index in [2.05, 4.69) is 9.08 Å². The monoisotopic (exact) mass is 553 g/mol. The van der Waals surface area contributed by atoms with Crippen molar-refractivity contribution in [3.8, 4) is 27.7 Å². The van der Waals surface area contributed by atoms with E-state index in [4.69, 9.17) is 9.29 Å². The first-order valence-corrected chi connectivity index (χ1v) is 14.5. The molecule has 0 bridgehead atoms. The lowest BCUT2D eigenvalue weighted by Gasteiger charge is -2.26. The summed E-state index contributed by atoms with van der Waals surface area (Å²) in [5.41, 5.74) is 1.63. The summed E-state index contributed by atoms with van der Waals surface area (Å²) in [7, 11) is -4.64. The molecule has 0 saturated carbocycles. The van der Waals surface area contributed by atoms with Crippen molar-refractivity contribution in [2.45, 2.75) is 19.3 Å². The van der Waals surface area contributed by atoms with Gasteiger partial charge in [0.2, 0.25) is 0 Å². The molecule has 2 N–H and O–H groups in total. The van der Waals surface area contributed by atoms with Crippen LogP contribution in [0.2, 0.25) is 0 Å². The van der Waals surface area contributed by atoms with Crippen molar-refractivity contribution in [2.24, 2.45) is 0 Å². The largest absolute Gasteiger partial charge is 0.508 e. The minimum absolute atomic E-state index is 0.0567. The molecular formula is C28H27NO7S2. The van der Waals surface area contributed by atoms with Gasteiger partial charge in [0, 0.05) is 32.6 Å². The maximum absolute atomic E-state index is 13.7. The minimum atomic E-state index is -4.64. The molecule has 4 aromatic rings. The number of fused-ring (bicyclic) bond motifs is 1. The summed E-state index contributed by atoms with van der Waals surface area (Å²) in [6.07, 6.45) is 3.76. The van der Waals surface area contributed by atoms with Crippen molar-refractivity contribution in [1.82, 2.24) is 4.90 Å². The smallest absolute Gasteiger partial charge is 0.446 e. The Kier molecular flexibility index (Phi) is 7.66. The van der Waals surface area contributed by atoms with E-state index in [9.17, 15) is 18.3 Å². The van der Waals surface area contributed by atoms with E-state index in [-0.39, 0.29) is 17.3 Å². The summed E-state index contributed by atoms with van der Waals surface area (Å²) < 4.78 is 42.1. The van der Waals surface area contributed by atoms with Gasteiger partial charge in [-0.3, -0.25) is 14.2 Å². The summed E-state index contributed by atoms with van der Waals surface area (Å²) >= 11 is 1.34. The number of benzene rings is 3. The highest BCUT2D eigenvalue weighted by Gasteiger charge is 2.22. The number of rotatable bonds is 9. The van der Waals surface area contributed by atoms with Crippen molar-refractivity contribution in [3.05, 3.63) is 77.9 Å². The van der Waals surface area contributed by atoms with Crippen LogP contribution in [0.15, 0.2) is 66.7 Å². The Bertz CT molecular complexity index is 1540. The first-order chi connectivity index (χ1) is 18.3. The van der Waals surface area contributed by atoms with Crippen LogP contribution in [0.3, 0.4) is 0 Å². The summed E-state index contributed by atoms with van der Waals surface area (Å²) in [5.74, 6) is 0.550. The average molecular weight is 554 g/mol. The number of aromatic hydroxyl groups is 1. The normalized spacial score (nSPS) is 14.4. The van der Waals surface area contributed by atoms with Gasteiger partial charge in [-0.05, 0) is 98.2 Å². The second kappa shape index (κ2) is 11.1. The van der Waals surface area contributed by atoms with Crippen LogP contribution in [0, 0.1) is 0 Å². The maximum Gasteiger partial charge on any atom is 0.446 e. The first-order valence-electron chi connectivity index (χ1n) is 12.3. The number of thiophene rings is 1. The Hall–Kier alpha value is -3.44. The predicted octanol–water partition coefficient (Wildman–Crippen LogP) is 5.55. The molecule has 38 heavy (non-hydrogen) atoms. The van der Waals surface area contributed by atoms with Gasteiger partial charge in [0.1, 0.15) is 23.9 Å². The number of hydrogen-bond donors (Lipinski definition) is 2. The van der Waals surface area contributed by atoms with Gasteiger partial charge < -0.3 is 14.0 Å². The summed E-state index contributed by atoms with van der Waals surface area (Å²) in [6, 6.07) is 18.0. The van der Waals surface area contributed by atoms with Crippen molar-refractivity contribution in [2.75, 3.05) is 26.2 Å². The van der Waals surface area contributed by atoms with Crippen LogP contribution >= 0.6 is 11.3 Å². The lowest BCUT2D eigenvalue weighted by atomic mass is 9.97. The number of likely N-dealkylation sites (tertiary alicyclic amines) is 1. The van der Waals surface area contributed by atoms with E-state index in [1.165, 1.54) is 48.8 Å². The number of nitrogens with zero attached hydrogens (tertiary/aromatic N) is 1. The fourth-order valence-electron chi connectivity index (χ4n) is 4.62. The molecule has 0 atom stereocenters. The van der Waals surface area contributed by atoms with Crippen LogP contribution in [0.1, 0.15) is 35.2 Å². The third kappa shape index (κ3) is 6.16. The van der Waals surface area contributed by atoms with Crippen molar-refractivity contribution in [1.29, 1.82) is 0 Å². The van der Waals surface area contributed by atoms with Crippen LogP contribution in [0.5, 0.6) is 17.2 Å². The summed E-state index contributed by atoms with van der Waals surface area (Å²) in [5, 5.41) is 10.7. The first kappa shape index (κ1) is 26.2. The van der Waals surface area contributed by atoms with Crippen molar-refractivity contribution in [3.63, 3.8) is 0 Å². The molecule has 1 aliphatic heterocycles. The SMILES string of the molecule is O=C(c1ccc(OCCN2CCCCC2)cc1)c1c(-c2ccc(OS(=O)(=O)O)cc2)sc2cc(O)ccc12. The van der Waals surface area contributed by atoms with Crippen LogP contribution in [0.25, 0.3) is 20.5 Å².